The number of morpholine rings is 1. The summed E-state index contributed by atoms with van der Waals surface area (Å²) >= 11 is 0. The average Bonchev–Trinajstić information content (AvgIpc) is 2.37. The number of hydrogen-bond donors (Lipinski definition) is 0. The maximum Gasteiger partial charge on any atom is 0.416 e. The number of benzene rings is 1. The van der Waals surface area contributed by atoms with Crippen LogP contribution in [0.2, 0.25) is 0 Å². The first-order valence-electron chi connectivity index (χ1n) is 6.06. The average molecular weight is 291 g/mol. The van der Waals surface area contributed by atoms with Crippen molar-refractivity contribution in [3.63, 3.8) is 0 Å². The zero-order chi connectivity index (χ0) is 14.9. The molecule has 1 aromatic rings. The van der Waals surface area contributed by atoms with Crippen LogP contribution in [0, 0.1) is 5.82 Å². The van der Waals surface area contributed by atoms with Crippen LogP contribution in [0.3, 0.4) is 0 Å². The largest absolute Gasteiger partial charge is 0.416 e. The van der Waals surface area contributed by atoms with Crippen molar-refractivity contribution in [2.45, 2.75) is 19.2 Å². The zero-order valence-electron chi connectivity index (χ0n) is 10.7. The van der Waals surface area contributed by atoms with Crippen LogP contribution in [0.5, 0.6) is 0 Å². The summed E-state index contributed by atoms with van der Waals surface area (Å²) in [6.07, 6.45) is -4.83. The van der Waals surface area contributed by atoms with Crippen LogP contribution >= 0.6 is 0 Å². The second kappa shape index (κ2) is 5.40. The van der Waals surface area contributed by atoms with E-state index in [9.17, 15) is 22.4 Å². The molecule has 1 aromatic carbocycles. The normalized spacial score (nSPS) is 20.1. The topological polar surface area (TPSA) is 29.5 Å². The minimum Gasteiger partial charge on any atom is -0.375 e. The lowest BCUT2D eigenvalue weighted by molar-refractivity contribution is -0.137. The van der Waals surface area contributed by atoms with Crippen LogP contribution < -0.4 is 0 Å². The number of carbonyl (C=O) groups excluding carboxylic acids is 1. The van der Waals surface area contributed by atoms with E-state index < -0.39 is 29.0 Å². The lowest BCUT2D eigenvalue weighted by Crippen LogP contribution is -2.44. The Kier molecular flexibility index (Phi) is 3.99. The predicted octanol–water partition coefficient (Wildman–Crippen LogP) is 2.71. The second-order valence-electron chi connectivity index (χ2n) is 4.62. The van der Waals surface area contributed by atoms with E-state index in [1.807, 2.05) is 0 Å². The second-order valence-corrected chi connectivity index (χ2v) is 4.62. The van der Waals surface area contributed by atoms with E-state index >= 15 is 0 Å². The van der Waals surface area contributed by atoms with Gasteiger partial charge in [0.05, 0.1) is 23.8 Å². The summed E-state index contributed by atoms with van der Waals surface area (Å²) in [6, 6.07) is 1.84. The Morgan fingerprint density at radius 1 is 1.40 bits per heavy atom. The van der Waals surface area contributed by atoms with Crippen molar-refractivity contribution in [1.29, 1.82) is 0 Å². The number of halogens is 4. The third-order valence-corrected chi connectivity index (χ3v) is 3.05. The first-order chi connectivity index (χ1) is 9.29. The molecule has 20 heavy (non-hydrogen) atoms. The molecule has 0 aliphatic carbocycles. The lowest BCUT2D eigenvalue weighted by atomic mass is 10.1. The Morgan fingerprint density at radius 3 is 2.70 bits per heavy atom. The van der Waals surface area contributed by atoms with Crippen molar-refractivity contribution < 1.29 is 27.1 Å². The van der Waals surface area contributed by atoms with Gasteiger partial charge in [-0.2, -0.15) is 13.2 Å². The van der Waals surface area contributed by atoms with Crippen molar-refractivity contribution in [3.05, 3.63) is 35.1 Å². The summed E-state index contributed by atoms with van der Waals surface area (Å²) in [5.74, 6) is -1.70. The molecule has 7 heteroatoms. The Bertz CT molecular complexity index is 516. The Hall–Kier alpha value is -1.63. The van der Waals surface area contributed by atoms with Crippen LogP contribution in [-0.4, -0.2) is 36.6 Å². The van der Waals surface area contributed by atoms with Gasteiger partial charge in [-0.05, 0) is 25.1 Å². The minimum absolute atomic E-state index is 0.221. The van der Waals surface area contributed by atoms with Crippen molar-refractivity contribution in [2.24, 2.45) is 0 Å². The van der Waals surface area contributed by atoms with Crippen LogP contribution in [-0.2, 0) is 10.9 Å². The van der Waals surface area contributed by atoms with Crippen molar-refractivity contribution in [1.82, 2.24) is 4.90 Å². The van der Waals surface area contributed by atoms with Gasteiger partial charge < -0.3 is 9.64 Å². The summed E-state index contributed by atoms with van der Waals surface area (Å²) in [5, 5.41) is 0. The number of hydrogen-bond acceptors (Lipinski definition) is 2. The fourth-order valence-corrected chi connectivity index (χ4v) is 2.04. The molecule has 1 saturated heterocycles. The molecule has 0 N–H and O–H groups in total. The van der Waals surface area contributed by atoms with Crippen molar-refractivity contribution in [3.8, 4) is 0 Å². The molecule has 0 spiro atoms. The third kappa shape index (κ3) is 3.09. The molecule has 3 nitrogen and oxygen atoms in total. The number of nitrogens with zero attached hydrogens (tertiary/aromatic N) is 1. The first kappa shape index (κ1) is 14.8. The smallest absolute Gasteiger partial charge is 0.375 e. The summed E-state index contributed by atoms with van der Waals surface area (Å²) in [6.45, 7) is 2.49. The third-order valence-electron chi connectivity index (χ3n) is 3.05. The summed E-state index contributed by atoms with van der Waals surface area (Å²) in [7, 11) is 0. The van der Waals surface area contributed by atoms with E-state index in [4.69, 9.17) is 4.74 Å². The van der Waals surface area contributed by atoms with Gasteiger partial charge in [-0.1, -0.05) is 0 Å². The molecule has 1 heterocycles. The van der Waals surface area contributed by atoms with Gasteiger partial charge in [0, 0.05) is 13.1 Å². The summed E-state index contributed by atoms with van der Waals surface area (Å²) < 4.78 is 56.6. The molecule has 0 aromatic heterocycles. The van der Waals surface area contributed by atoms with Gasteiger partial charge in [0.25, 0.3) is 5.91 Å². The molecule has 0 radical (unpaired) electrons. The van der Waals surface area contributed by atoms with Gasteiger partial charge in [-0.15, -0.1) is 0 Å². The van der Waals surface area contributed by atoms with E-state index in [1.165, 1.54) is 4.90 Å². The van der Waals surface area contributed by atoms with E-state index in [0.717, 1.165) is 0 Å². The molecule has 0 bridgehead atoms. The van der Waals surface area contributed by atoms with Gasteiger partial charge in [-0.3, -0.25) is 4.79 Å². The standard InChI is InChI=1S/C13H13F4NO2/c1-8-7-18(4-5-20-8)12(19)10-6-9(13(15,16)17)2-3-11(10)14/h2-3,6,8H,4-5,7H2,1H3. The van der Waals surface area contributed by atoms with E-state index in [1.54, 1.807) is 6.92 Å². The van der Waals surface area contributed by atoms with E-state index in [2.05, 4.69) is 0 Å². The van der Waals surface area contributed by atoms with Gasteiger partial charge in [-0.25, -0.2) is 4.39 Å². The quantitative estimate of drug-likeness (QED) is 0.745. The zero-order valence-corrected chi connectivity index (χ0v) is 10.7. The molecule has 1 unspecified atom stereocenters. The summed E-state index contributed by atoms with van der Waals surface area (Å²) in [4.78, 5) is 13.4. The molecule has 1 aliphatic heterocycles. The Morgan fingerprint density at radius 2 is 2.10 bits per heavy atom. The highest BCUT2D eigenvalue weighted by Gasteiger charge is 2.33. The molecule has 1 fully saturated rings. The molecule has 1 amide bonds. The van der Waals surface area contributed by atoms with Crippen LogP contribution in [0.4, 0.5) is 17.6 Å². The lowest BCUT2D eigenvalue weighted by Gasteiger charge is -2.31. The highest BCUT2D eigenvalue weighted by molar-refractivity contribution is 5.94. The van der Waals surface area contributed by atoms with Crippen molar-refractivity contribution in [2.75, 3.05) is 19.7 Å². The minimum atomic E-state index is -4.61. The fraction of sp³-hybridized carbons (Fsp3) is 0.462. The Balaban J connectivity index is 2.29. The van der Waals surface area contributed by atoms with Gasteiger partial charge in [0.15, 0.2) is 0 Å². The van der Waals surface area contributed by atoms with Gasteiger partial charge in [0.1, 0.15) is 5.82 Å². The van der Waals surface area contributed by atoms with Crippen LogP contribution in [0.1, 0.15) is 22.8 Å². The molecule has 1 atom stereocenters. The Labute approximate surface area is 113 Å². The molecular weight excluding hydrogens is 278 g/mol. The number of carbonyl (C=O) groups is 1. The fourth-order valence-electron chi connectivity index (χ4n) is 2.04. The molecule has 110 valence electrons. The van der Waals surface area contributed by atoms with E-state index in [-0.39, 0.29) is 25.8 Å². The first-order valence-corrected chi connectivity index (χ1v) is 6.06. The molecule has 1 aliphatic rings. The van der Waals surface area contributed by atoms with Gasteiger partial charge in [0.2, 0.25) is 0 Å². The van der Waals surface area contributed by atoms with E-state index in [0.29, 0.717) is 18.2 Å². The number of alkyl halides is 3. The predicted molar refractivity (Wildman–Crippen MR) is 62.7 cm³/mol. The SMILES string of the molecule is CC1CN(C(=O)c2cc(C(F)(F)F)ccc2F)CCO1. The maximum atomic E-state index is 13.6. The monoisotopic (exact) mass is 291 g/mol. The number of rotatable bonds is 1. The maximum absolute atomic E-state index is 13.6. The number of amides is 1. The van der Waals surface area contributed by atoms with Crippen LogP contribution in [0.25, 0.3) is 0 Å². The summed E-state index contributed by atoms with van der Waals surface area (Å²) in [5.41, 5.74) is -1.60. The highest BCUT2D eigenvalue weighted by Crippen LogP contribution is 2.30. The highest BCUT2D eigenvalue weighted by atomic mass is 19.4. The van der Waals surface area contributed by atoms with Crippen molar-refractivity contribution >= 4 is 5.91 Å². The van der Waals surface area contributed by atoms with Crippen LogP contribution in [0.15, 0.2) is 18.2 Å². The molecular formula is C13H13F4NO2. The molecule has 2 rings (SSSR count). The number of ether oxygens (including phenoxy) is 1. The molecule has 0 saturated carbocycles. The van der Waals surface area contributed by atoms with Gasteiger partial charge >= 0.3 is 6.18 Å².